The number of nitrogens with zero attached hydrogens (tertiary/aromatic N) is 1. The summed E-state index contributed by atoms with van der Waals surface area (Å²) in [6.45, 7) is 1.24. The van der Waals surface area contributed by atoms with E-state index in [1.165, 1.54) is 6.92 Å². The number of ether oxygens (including phenoxy) is 1. The summed E-state index contributed by atoms with van der Waals surface area (Å²) in [6, 6.07) is 0. The molecule has 4 nitrogen and oxygen atoms in total. The van der Waals surface area contributed by atoms with Crippen molar-refractivity contribution in [2.45, 2.75) is 6.92 Å². The van der Waals surface area contributed by atoms with E-state index < -0.39 is 5.97 Å². The molecule has 0 spiro atoms. The van der Waals surface area contributed by atoms with Gasteiger partial charge in [-0.25, -0.2) is 0 Å². The second-order valence-corrected chi connectivity index (χ2v) is 1.07. The molecule has 44 valence electrons. The number of carbonyl (C=O) groups excluding carboxylic acids is 1. The Labute approximate surface area is 47.1 Å². The van der Waals surface area contributed by atoms with Crippen LogP contribution in [0.4, 0.5) is 0 Å². The summed E-state index contributed by atoms with van der Waals surface area (Å²) in [7, 11) is 0. The monoisotopic (exact) mass is 114 g/mol. The van der Waals surface area contributed by atoms with Crippen molar-refractivity contribution in [1.29, 1.82) is 5.26 Å². The molecule has 0 amide bonds. The van der Waals surface area contributed by atoms with Gasteiger partial charge in [-0.05, 0) is 0 Å². The predicted octanol–water partition coefficient (Wildman–Crippen LogP) is -0.422. The molecule has 1 N–H and O–H groups in total. The lowest BCUT2D eigenvalue weighted by molar-refractivity contribution is -0.141. The lowest BCUT2D eigenvalue weighted by Crippen LogP contribution is -2.13. The van der Waals surface area contributed by atoms with Gasteiger partial charge in [-0.2, -0.15) is 5.26 Å². The summed E-state index contributed by atoms with van der Waals surface area (Å²) in [6.07, 6.45) is 1.60. The van der Waals surface area contributed by atoms with E-state index in [4.69, 9.17) is 5.26 Å². The van der Waals surface area contributed by atoms with E-state index in [9.17, 15) is 4.79 Å². The standard InChI is InChI=1S/C4H6N2O2/c1-4(7)8-3-6-2-5/h6H,3H2,1H3. The first-order valence-electron chi connectivity index (χ1n) is 2.02. The quantitative estimate of drug-likeness (QED) is 0.174. The maximum absolute atomic E-state index is 9.95. The number of nitrogens with one attached hydrogen (secondary N) is 1. The van der Waals surface area contributed by atoms with Gasteiger partial charge in [0.05, 0.1) is 0 Å². The van der Waals surface area contributed by atoms with Gasteiger partial charge in [-0.3, -0.25) is 10.1 Å². The first-order chi connectivity index (χ1) is 3.77. The van der Waals surface area contributed by atoms with Crippen LogP contribution in [-0.4, -0.2) is 12.7 Å². The van der Waals surface area contributed by atoms with Gasteiger partial charge >= 0.3 is 5.97 Å². The summed E-state index contributed by atoms with van der Waals surface area (Å²) < 4.78 is 4.31. The molecule has 0 aliphatic heterocycles. The second kappa shape index (κ2) is 3.93. The molecule has 0 rings (SSSR count). The van der Waals surface area contributed by atoms with Crippen molar-refractivity contribution in [2.75, 3.05) is 6.73 Å². The van der Waals surface area contributed by atoms with E-state index in [0.717, 1.165) is 0 Å². The van der Waals surface area contributed by atoms with Crippen LogP contribution in [0.2, 0.25) is 0 Å². The molecule has 8 heavy (non-hydrogen) atoms. The van der Waals surface area contributed by atoms with Crippen molar-refractivity contribution < 1.29 is 9.53 Å². The van der Waals surface area contributed by atoms with E-state index in [-0.39, 0.29) is 6.73 Å². The van der Waals surface area contributed by atoms with Gasteiger partial charge in [0.15, 0.2) is 12.9 Å². The molecule has 0 fully saturated rings. The SMILES string of the molecule is CC(=O)OCNC#N. The Morgan fingerprint density at radius 1 is 2.00 bits per heavy atom. The van der Waals surface area contributed by atoms with Crippen molar-refractivity contribution in [1.82, 2.24) is 5.32 Å². The first-order valence-corrected chi connectivity index (χ1v) is 2.02. The van der Waals surface area contributed by atoms with E-state index in [1.54, 1.807) is 6.19 Å². The Morgan fingerprint density at radius 2 is 2.62 bits per heavy atom. The lowest BCUT2D eigenvalue weighted by atomic mass is 10.8. The minimum atomic E-state index is -0.396. The molecule has 0 bridgehead atoms. The van der Waals surface area contributed by atoms with E-state index >= 15 is 0 Å². The predicted molar refractivity (Wildman–Crippen MR) is 25.4 cm³/mol. The summed E-state index contributed by atoms with van der Waals surface area (Å²) in [4.78, 5) is 9.95. The maximum Gasteiger partial charge on any atom is 0.304 e. The summed E-state index contributed by atoms with van der Waals surface area (Å²) in [5.41, 5.74) is 0. The molecule has 0 aliphatic carbocycles. The number of hydrogen-bond acceptors (Lipinski definition) is 4. The molecule has 0 aromatic carbocycles. The van der Waals surface area contributed by atoms with Crippen LogP contribution in [0.5, 0.6) is 0 Å². The summed E-state index contributed by atoms with van der Waals surface area (Å²) in [5, 5.41) is 9.97. The summed E-state index contributed by atoms with van der Waals surface area (Å²) in [5.74, 6) is -0.396. The largest absolute Gasteiger partial charge is 0.444 e. The molecule has 0 aliphatic rings. The number of rotatable bonds is 2. The first kappa shape index (κ1) is 6.76. The fourth-order valence-corrected chi connectivity index (χ4v) is 0.170. The van der Waals surface area contributed by atoms with Gasteiger partial charge in [-0.1, -0.05) is 0 Å². The van der Waals surface area contributed by atoms with Gasteiger partial charge < -0.3 is 4.74 Å². The number of hydrogen-bond donors (Lipinski definition) is 1. The van der Waals surface area contributed by atoms with Crippen LogP contribution >= 0.6 is 0 Å². The fraction of sp³-hybridized carbons (Fsp3) is 0.500. The van der Waals surface area contributed by atoms with Crippen molar-refractivity contribution in [2.24, 2.45) is 0 Å². The average Bonchev–Trinajstić information content (AvgIpc) is 1.66. The van der Waals surface area contributed by atoms with Crippen LogP contribution in [0, 0.1) is 11.5 Å². The fourth-order valence-electron chi connectivity index (χ4n) is 0.170. The normalized spacial score (nSPS) is 7.00. The van der Waals surface area contributed by atoms with Crippen LogP contribution < -0.4 is 5.32 Å². The topological polar surface area (TPSA) is 62.1 Å². The molecule has 0 atom stereocenters. The molecule has 0 saturated heterocycles. The van der Waals surface area contributed by atoms with E-state index in [1.807, 2.05) is 0 Å². The van der Waals surface area contributed by atoms with Gasteiger partial charge in [-0.15, -0.1) is 0 Å². The number of esters is 1. The number of carbonyl (C=O) groups is 1. The highest BCUT2D eigenvalue weighted by molar-refractivity contribution is 5.65. The summed E-state index contributed by atoms with van der Waals surface area (Å²) >= 11 is 0. The molecule has 0 saturated carbocycles. The number of nitriles is 1. The zero-order valence-electron chi connectivity index (χ0n) is 4.47. The Bertz CT molecular complexity index is 116. The average molecular weight is 114 g/mol. The van der Waals surface area contributed by atoms with Crippen LogP contribution in [0.15, 0.2) is 0 Å². The van der Waals surface area contributed by atoms with Gasteiger partial charge in [0.25, 0.3) is 0 Å². The van der Waals surface area contributed by atoms with Crippen LogP contribution in [-0.2, 0) is 9.53 Å². The highest BCUT2D eigenvalue weighted by atomic mass is 16.5. The molecule has 0 radical (unpaired) electrons. The third kappa shape index (κ3) is 4.76. The van der Waals surface area contributed by atoms with E-state index in [0.29, 0.717) is 0 Å². The highest BCUT2D eigenvalue weighted by Crippen LogP contribution is 1.68. The van der Waals surface area contributed by atoms with Crippen LogP contribution in [0.3, 0.4) is 0 Å². The lowest BCUT2D eigenvalue weighted by Gasteiger charge is -1.94. The molecular weight excluding hydrogens is 108 g/mol. The minimum Gasteiger partial charge on any atom is -0.444 e. The Morgan fingerprint density at radius 3 is 3.00 bits per heavy atom. The van der Waals surface area contributed by atoms with Gasteiger partial charge in [0.1, 0.15) is 0 Å². The third-order valence-corrected chi connectivity index (χ3v) is 0.427. The third-order valence-electron chi connectivity index (χ3n) is 0.427. The van der Waals surface area contributed by atoms with Gasteiger partial charge in [0, 0.05) is 6.92 Å². The Balaban J connectivity index is 2.97. The Hall–Kier alpha value is -1.24. The zero-order chi connectivity index (χ0) is 6.41. The van der Waals surface area contributed by atoms with Crippen LogP contribution in [0.25, 0.3) is 0 Å². The molecule has 0 heterocycles. The smallest absolute Gasteiger partial charge is 0.304 e. The van der Waals surface area contributed by atoms with Gasteiger partial charge in [0.2, 0.25) is 0 Å². The van der Waals surface area contributed by atoms with Crippen LogP contribution in [0.1, 0.15) is 6.92 Å². The molecule has 0 aromatic rings. The second-order valence-electron chi connectivity index (χ2n) is 1.07. The maximum atomic E-state index is 9.95. The van der Waals surface area contributed by atoms with E-state index in [2.05, 4.69) is 10.1 Å². The molecular formula is C4H6N2O2. The van der Waals surface area contributed by atoms with Crippen molar-refractivity contribution in [3.63, 3.8) is 0 Å². The molecule has 0 aromatic heterocycles. The van der Waals surface area contributed by atoms with Crippen molar-refractivity contribution in [3.8, 4) is 6.19 Å². The molecule has 0 unspecified atom stereocenters. The minimum absolute atomic E-state index is 0.0359. The van der Waals surface area contributed by atoms with Crippen molar-refractivity contribution in [3.05, 3.63) is 0 Å². The molecule has 4 heteroatoms. The Kier molecular flexibility index (Phi) is 3.32. The van der Waals surface area contributed by atoms with Crippen molar-refractivity contribution >= 4 is 5.97 Å². The zero-order valence-corrected chi connectivity index (χ0v) is 4.47. The highest BCUT2D eigenvalue weighted by Gasteiger charge is 1.86.